The zero-order valence-corrected chi connectivity index (χ0v) is 79.6. The Kier molecular flexibility index (Phi) is 20.5. The first-order valence-electron chi connectivity index (χ1n) is 50.0. The van der Waals surface area contributed by atoms with Crippen molar-refractivity contribution in [3.05, 3.63) is 552 Å². The number of hydrogen-bond acceptors (Lipinski definition) is 1. The molecule has 8 aromatic heterocycles. The summed E-state index contributed by atoms with van der Waals surface area (Å²) in [6.45, 7) is 0. The van der Waals surface area contributed by atoms with E-state index in [-0.39, 0.29) is 0 Å². The number of aromatic nitrogens is 7. The number of nitrogens with zero attached hydrogens (tertiary/aromatic N) is 7. The molecule has 0 bridgehead atoms. The van der Waals surface area contributed by atoms with Crippen LogP contribution in [0.15, 0.2) is 556 Å². The lowest BCUT2D eigenvalue weighted by molar-refractivity contribution is 0.669. The van der Waals surface area contributed by atoms with Crippen LogP contribution in [0.25, 0.3) is 259 Å². The molecule has 0 N–H and O–H groups in total. The Morgan fingerprint density at radius 1 is 0.0959 bits per heavy atom. The molecular formula is C138H91N7O. The maximum atomic E-state index is 6.02. The largest absolute Gasteiger partial charge is 0.456 e. The van der Waals surface area contributed by atoms with Crippen molar-refractivity contribution in [2.24, 2.45) is 0 Å². The average molecular weight is 1860 g/mol. The molecule has 0 spiro atoms. The van der Waals surface area contributed by atoms with Crippen LogP contribution in [0.4, 0.5) is 0 Å². The van der Waals surface area contributed by atoms with Crippen molar-refractivity contribution in [2.75, 3.05) is 0 Å². The van der Waals surface area contributed by atoms with E-state index in [4.69, 9.17) is 4.42 Å². The standard InChI is InChI=1S/C42H28N2.C36H24N2.C30H20N2.C30H19NO/c1-3-14-33(15-4-1)43-39-20-9-7-18-35(39)37-27-31(22-24-41(37)43)29-12-11-13-30(26-29)32-23-25-42-38(28-32)36-19-8-10-21-40(36)44(42)34-16-5-2-6-17-34;1-2-12-27(13-3-1)37-35-20-9-6-17-31(35)32-24-26(21-22-36(32)37)25-11-10-14-28(23-25)38-33-18-7-4-15-29(33)30-16-5-8-19-34(30)38;1-5-16-27-23(12-1)24-13-2-6-17-28(24)31(27)21-10-9-11-22(20-21)32-29-18-7-3-14-25(29)26-15-4-8-19-30(26)32;1-4-13-27-23(10-1)24-11-2-5-14-28(24)31(27)22-9-7-8-20(18-22)21-16-17-30-26(19-21)25-12-3-6-15-29(25)32-30/h1-28H;1-24H;1-20H;1-19H. The van der Waals surface area contributed by atoms with E-state index in [1.165, 1.54) is 231 Å². The molecule has 0 aliphatic rings. The first kappa shape index (κ1) is 84.5. The summed E-state index contributed by atoms with van der Waals surface area (Å²) in [5, 5.41) is 20.2. The molecule has 0 radical (unpaired) electrons. The second kappa shape index (κ2) is 35.4. The van der Waals surface area contributed by atoms with Gasteiger partial charge in [0.15, 0.2) is 0 Å². The molecule has 0 atom stereocenters. The van der Waals surface area contributed by atoms with Crippen molar-refractivity contribution < 1.29 is 4.42 Å². The molecule has 8 nitrogen and oxygen atoms in total. The normalized spacial score (nSPS) is 11.7. The first-order chi connectivity index (χ1) is 72.5. The highest BCUT2D eigenvalue weighted by atomic mass is 16.3. The van der Waals surface area contributed by atoms with Crippen molar-refractivity contribution in [1.29, 1.82) is 0 Å². The van der Waals surface area contributed by atoms with Crippen molar-refractivity contribution in [2.45, 2.75) is 0 Å². The summed E-state index contributed by atoms with van der Waals surface area (Å²) in [5.74, 6) is 0. The van der Waals surface area contributed by atoms with Crippen LogP contribution in [0, 0.1) is 0 Å². The van der Waals surface area contributed by atoms with Crippen molar-refractivity contribution >= 4 is 175 Å². The first-order valence-corrected chi connectivity index (χ1v) is 50.0. The number of hydrogen-bond donors (Lipinski definition) is 0. The molecule has 0 saturated heterocycles. The van der Waals surface area contributed by atoms with E-state index >= 15 is 0 Å². The van der Waals surface area contributed by atoms with Crippen molar-refractivity contribution in [1.82, 2.24) is 32.0 Å². The van der Waals surface area contributed by atoms with Gasteiger partial charge in [0.25, 0.3) is 0 Å². The van der Waals surface area contributed by atoms with Crippen LogP contribution in [-0.4, -0.2) is 32.0 Å². The van der Waals surface area contributed by atoms with Gasteiger partial charge in [0.1, 0.15) is 11.2 Å². The summed E-state index contributed by atoms with van der Waals surface area (Å²) < 4.78 is 22.6. The Hall–Kier alpha value is -19.5. The monoisotopic (exact) mass is 1860 g/mol. The highest BCUT2D eigenvalue weighted by Crippen LogP contribution is 2.45. The Bertz CT molecular complexity index is 10000. The quantitative estimate of drug-likeness (QED) is 0.127. The Balaban J connectivity index is 0.0000000950. The molecule has 146 heavy (non-hydrogen) atoms. The molecule has 0 fully saturated rings. The Morgan fingerprint density at radius 3 is 0.562 bits per heavy atom. The molecule has 0 saturated carbocycles. The van der Waals surface area contributed by atoms with Gasteiger partial charge in [0, 0.05) is 126 Å². The topological polar surface area (TPSA) is 47.6 Å². The lowest BCUT2D eigenvalue weighted by Gasteiger charge is -2.12. The number of fused-ring (bicyclic) bond motifs is 24. The number of rotatable bonds is 11. The summed E-state index contributed by atoms with van der Waals surface area (Å²) in [6.07, 6.45) is 0. The van der Waals surface area contributed by atoms with Gasteiger partial charge in [0.2, 0.25) is 0 Å². The van der Waals surface area contributed by atoms with Gasteiger partial charge in [-0.2, -0.15) is 0 Å². The lowest BCUT2D eigenvalue weighted by Crippen LogP contribution is -1.98. The van der Waals surface area contributed by atoms with Gasteiger partial charge in [-0.05, 0) is 251 Å². The SMILES string of the molecule is c1cc(-c2ccc3oc4ccccc4c3c2)cc(-n2c3ccccc3c3ccccc32)c1.c1cc(-n2c3ccccc3c3ccccc32)cc(-n2c3ccccc3c3ccccc32)c1.c1ccc(-n2c3ccccc3c3cc(-c4cccc(-c5ccc6c(c5)c5ccccc5n6-c5ccccc5)c4)ccc32)cc1.c1ccc(-n2c3ccccc3c3cc(-c4cccc(-n5c6ccccc6c6ccccc65)c4)ccc32)cc1. The maximum Gasteiger partial charge on any atom is 0.135 e. The smallest absolute Gasteiger partial charge is 0.135 e. The third-order valence-corrected chi connectivity index (χ3v) is 29.5. The zero-order chi connectivity index (χ0) is 96.2. The molecule has 8 heterocycles. The summed E-state index contributed by atoms with van der Waals surface area (Å²) in [7, 11) is 0. The Labute approximate surface area is 841 Å². The zero-order valence-electron chi connectivity index (χ0n) is 79.6. The highest BCUT2D eigenvalue weighted by Gasteiger charge is 2.23. The average Bonchev–Trinajstić information content (AvgIpc) is 1.57. The minimum absolute atomic E-state index is 0.925. The van der Waals surface area contributed by atoms with Crippen LogP contribution in [0.2, 0.25) is 0 Å². The number of furan rings is 1. The van der Waals surface area contributed by atoms with Crippen LogP contribution in [0.1, 0.15) is 0 Å². The van der Waals surface area contributed by atoms with Crippen LogP contribution < -0.4 is 0 Å². The number of benzene rings is 23. The van der Waals surface area contributed by atoms with Gasteiger partial charge in [-0.1, -0.05) is 346 Å². The van der Waals surface area contributed by atoms with E-state index in [0.29, 0.717) is 0 Å². The fraction of sp³-hybridized carbons (Fsp3) is 0. The van der Waals surface area contributed by atoms with E-state index in [9.17, 15) is 0 Å². The van der Waals surface area contributed by atoms with E-state index in [0.717, 1.165) is 27.6 Å². The summed E-state index contributed by atoms with van der Waals surface area (Å²) >= 11 is 0. The van der Waals surface area contributed by atoms with Crippen LogP contribution in [0.5, 0.6) is 0 Å². The van der Waals surface area contributed by atoms with E-state index in [1.54, 1.807) is 0 Å². The summed E-state index contributed by atoms with van der Waals surface area (Å²) in [5.41, 5.74) is 36.9. The minimum atomic E-state index is 0.925. The van der Waals surface area contributed by atoms with Crippen molar-refractivity contribution in [3.8, 4) is 84.3 Å². The van der Waals surface area contributed by atoms with Gasteiger partial charge in [-0.3, -0.25) is 0 Å². The van der Waals surface area contributed by atoms with Gasteiger partial charge < -0.3 is 36.4 Å². The molecule has 0 aliphatic carbocycles. The molecule has 0 amide bonds. The van der Waals surface area contributed by atoms with Gasteiger partial charge in [0.05, 0.1) is 77.2 Å². The minimum Gasteiger partial charge on any atom is -0.456 e. The molecule has 31 rings (SSSR count). The fourth-order valence-electron chi connectivity index (χ4n) is 23.0. The molecule has 8 heteroatoms. The fourth-order valence-corrected chi connectivity index (χ4v) is 23.0. The highest BCUT2D eigenvalue weighted by molar-refractivity contribution is 6.17. The van der Waals surface area contributed by atoms with Crippen LogP contribution in [0.3, 0.4) is 0 Å². The number of para-hydroxylation sites is 15. The third kappa shape index (κ3) is 14.3. The summed E-state index contributed by atoms with van der Waals surface area (Å²) in [4.78, 5) is 0. The van der Waals surface area contributed by atoms with E-state index in [1.807, 2.05) is 12.1 Å². The van der Waals surface area contributed by atoms with E-state index in [2.05, 4.69) is 572 Å². The predicted molar refractivity (Wildman–Crippen MR) is 615 cm³/mol. The lowest BCUT2D eigenvalue weighted by atomic mass is 9.97. The summed E-state index contributed by atoms with van der Waals surface area (Å²) in [6, 6.07) is 198. The predicted octanol–water partition coefficient (Wildman–Crippen LogP) is 37.0. The van der Waals surface area contributed by atoms with Crippen LogP contribution in [-0.2, 0) is 0 Å². The maximum absolute atomic E-state index is 6.02. The van der Waals surface area contributed by atoms with Crippen LogP contribution >= 0.6 is 0 Å². The molecule has 0 unspecified atom stereocenters. The molecular weight excluding hydrogens is 1770 g/mol. The Morgan fingerprint density at radius 2 is 0.274 bits per heavy atom. The molecule has 684 valence electrons. The molecule has 23 aromatic carbocycles. The van der Waals surface area contributed by atoms with Gasteiger partial charge in [-0.25, -0.2) is 0 Å². The van der Waals surface area contributed by atoms with Gasteiger partial charge in [-0.15, -0.1) is 0 Å². The van der Waals surface area contributed by atoms with E-state index < -0.39 is 0 Å². The van der Waals surface area contributed by atoms with Gasteiger partial charge >= 0.3 is 0 Å². The van der Waals surface area contributed by atoms with Crippen molar-refractivity contribution in [3.63, 3.8) is 0 Å². The second-order valence-corrected chi connectivity index (χ2v) is 37.7. The second-order valence-electron chi connectivity index (χ2n) is 37.7. The molecule has 31 aromatic rings. The third-order valence-electron chi connectivity index (χ3n) is 29.5. The molecule has 0 aliphatic heterocycles.